The Morgan fingerprint density at radius 1 is 0.885 bits per heavy atom. The number of piperazine rings is 1. The Balaban J connectivity index is 0.00000243. The molecule has 1 heterocycles. The quantitative estimate of drug-likeness (QED) is 0.694. The Hall–Kier alpha value is -2.04. The predicted octanol–water partition coefficient (Wildman–Crippen LogP) is 3.61. The Labute approximate surface area is 162 Å². The maximum Gasteiger partial charge on any atom is 0.222 e. The van der Waals surface area contributed by atoms with Crippen LogP contribution in [0, 0.1) is 0 Å². The van der Waals surface area contributed by atoms with Gasteiger partial charge in [-0.25, -0.2) is 0 Å². The first-order valence-corrected chi connectivity index (χ1v) is 9.03. The van der Waals surface area contributed by atoms with E-state index in [1.807, 2.05) is 41.3 Å². The summed E-state index contributed by atoms with van der Waals surface area (Å²) in [5, 5.41) is 0. The Kier molecular flexibility index (Phi) is 8.45. The molecule has 0 saturated carbocycles. The molecule has 2 aromatic carbocycles. The van der Waals surface area contributed by atoms with E-state index in [4.69, 9.17) is 4.74 Å². The van der Waals surface area contributed by atoms with Crippen LogP contribution >= 0.6 is 12.4 Å². The van der Waals surface area contributed by atoms with Crippen LogP contribution < -0.4 is 4.74 Å². The minimum Gasteiger partial charge on any atom is -0.494 e. The van der Waals surface area contributed by atoms with E-state index >= 15 is 0 Å². The maximum atomic E-state index is 12.3. The zero-order valence-corrected chi connectivity index (χ0v) is 15.9. The first kappa shape index (κ1) is 20.3. The number of rotatable bonds is 7. The van der Waals surface area contributed by atoms with Crippen molar-refractivity contribution < 1.29 is 9.53 Å². The van der Waals surface area contributed by atoms with E-state index in [2.05, 4.69) is 29.2 Å². The highest BCUT2D eigenvalue weighted by atomic mass is 35.5. The van der Waals surface area contributed by atoms with Crippen molar-refractivity contribution in [2.24, 2.45) is 0 Å². The number of ether oxygens (including phenoxy) is 1. The van der Waals surface area contributed by atoms with E-state index in [0.717, 1.165) is 44.9 Å². The van der Waals surface area contributed by atoms with E-state index in [-0.39, 0.29) is 18.3 Å². The van der Waals surface area contributed by atoms with Crippen molar-refractivity contribution in [3.8, 4) is 5.75 Å². The van der Waals surface area contributed by atoms with Crippen molar-refractivity contribution in [3.05, 3.63) is 66.2 Å². The van der Waals surface area contributed by atoms with E-state index in [9.17, 15) is 4.79 Å². The molecular formula is C21H27ClN2O2. The molecule has 0 N–H and O–H groups in total. The lowest BCUT2D eigenvalue weighted by Gasteiger charge is -2.34. The lowest BCUT2D eigenvalue weighted by atomic mass is 10.2. The Morgan fingerprint density at radius 3 is 2.15 bits per heavy atom. The van der Waals surface area contributed by atoms with Gasteiger partial charge in [0, 0.05) is 39.1 Å². The Morgan fingerprint density at radius 2 is 1.50 bits per heavy atom. The number of nitrogens with zero attached hydrogens (tertiary/aromatic N) is 2. The smallest absolute Gasteiger partial charge is 0.222 e. The number of hydrogen-bond acceptors (Lipinski definition) is 3. The molecule has 0 aromatic heterocycles. The molecule has 3 rings (SSSR count). The van der Waals surface area contributed by atoms with Crippen LogP contribution in [0.5, 0.6) is 5.75 Å². The lowest BCUT2D eigenvalue weighted by Crippen LogP contribution is -2.48. The second-order valence-corrected chi connectivity index (χ2v) is 6.41. The first-order valence-electron chi connectivity index (χ1n) is 9.03. The molecule has 0 aliphatic carbocycles. The fraction of sp³-hybridized carbons (Fsp3) is 0.381. The number of hydrogen-bond donors (Lipinski definition) is 0. The van der Waals surface area contributed by atoms with E-state index in [0.29, 0.717) is 13.0 Å². The minimum absolute atomic E-state index is 0. The van der Waals surface area contributed by atoms with Crippen molar-refractivity contribution in [1.29, 1.82) is 0 Å². The SMILES string of the molecule is Cl.O=C(CCCOc1ccccc1)N1CCN(Cc2ccccc2)CC1. The molecule has 1 aliphatic heterocycles. The third kappa shape index (κ3) is 6.36. The largest absolute Gasteiger partial charge is 0.494 e. The molecule has 1 fully saturated rings. The van der Waals surface area contributed by atoms with Gasteiger partial charge in [-0.2, -0.15) is 0 Å². The van der Waals surface area contributed by atoms with Gasteiger partial charge >= 0.3 is 0 Å². The molecule has 1 saturated heterocycles. The van der Waals surface area contributed by atoms with E-state index in [1.54, 1.807) is 0 Å². The molecule has 0 bridgehead atoms. The van der Waals surface area contributed by atoms with Gasteiger partial charge in [-0.3, -0.25) is 9.69 Å². The summed E-state index contributed by atoms with van der Waals surface area (Å²) in [7, 11) is 0. The van der Waals surface area contributed by atoms with Crippen molar-refractivity contribution in [1.82, 2.24) is 9.80 Å². The molecule has 5 heteroatoms. The van der Waals surface area contributed by atoms with Gasteiger partial charge in [-0.1, -0.05) is 48.5 Å². The van der Waals surface area contributed by atoms with Crippen LogP contribution in [0.25, 0.3) is 0 Å². The van der Waals surface area contributed by atoms with Gasteiger partial charge in [-0.05, 0) is 24.1 Å². The van der Waals surface area contributed by atoms with Crippen LogP contribution in [-0.2, 0) is 11.3 Å². The summed E-state index contributed by atoms with van der Waals surface area (Å²) in [5.41, 5.74) is 1.33. The molecule has 1 aliphatic rings. The average molecular weight is 375 g/mol. The first-order chi connectivity index (χ1) is 12.3. The predicted molar refractivity (Wildman–Crippen MR) is 107 cm³/mol. The highest BCUT2D eigenvalue weighted by molar-refractivity contribution is 5.85. The molecule has 2 aromatic rings. The summed E-state index contributed by atoms with van der Waals surface area (Å²) in [6.45, 7) is 5.09. The Bertz CT molecular complexity index is 644. The van der Waals surface area contributed by atoms with Gasteiger partial charge in [0.2, 0.25) is 5.91 Å². The molecule has 1 amide bonds. The molecule has 140 valence electrons. The lowest BCUT2D eigenvalue weighted by molar-refractivity contribution is -0.133. The second kappa shape index (κ2) is 10.8. The minimum atomic E-state index is 0. The van der Waals surface area contributed by atoms with Crippen LogP contribution in [0.15, 0.2) is 60.7 Å². The summed E-state index contributed by atoms with van der Waals surface area (Å²) in [4.78, 5) is 16.7. The number of carbonyl (C=O) groups is 1. The topological polar surface area (TPSA) is 32.8 Å². The highest BCUT2D eigenvalue weighted by Crippen LogP contribution is 2.11. The summed E-state index contributed by atoms with van der Waals surface area (Å²) in [6, 6.07) is 20.3. The molecule has 0 radical (unpaired) electrons. The number of amides is 1. The normalized spacial score (nSPS) is 14.5. The molecular weight excluding hydrogens is 348 g/mol. The monoisotopic (exact) mass is 374 g/mol. The molecule has 26 heavy (non-hydrogen) atoms. The summed E-state index contributed by atoms with van der Waals surface area (Å²) < 4.78 is 5.65. The fourth-order valence-corrected chi connectivity index (χ4v) is 3.09. The van der Waals surface area contributed by atoms with Crippen LogP contribution in [-0.4, -0.2) is 48.5 Å². The van der Waals surface area contributed by atoms with Crippen LogP contribution in [0.1, 0.15) is 18.4 Å². The third-order valence-electron chi connectivity index (χ3n) is 4.52. The number of carbonyl (C=O) groups excluding carboxylic acids is 1. The van der Waals surface area contributed by atoms with Gasteiger partial charge in [0.15, 0.2) is 0 Å². The fourth-order valence-electron chi connectivity index (χ4n) is 3.09. The molecule has 0 unspecified atom stereocenters. The van der Waals surface area contributed by atoms with E-state index < -0.39 is 0 Å². The second-order valence-electron chi connectivity index (χ2n) is 6.41. The highest BCUT2D eigenvalue weighted by Gasteiger charge is 2.20. The van der Waals surface area contributed by atoms with Crippen molar-refractivity contribution in [2.75, 3.05) is 32.8 Å². The summed E-state index contributed by atoms with van der Waals surface area (Å²) in [5.74, 6) is 1.11. The standard InChI is InChI=1S/C21H26N2O2.ClH/c24-21(12-7-17-25-20-10-5-2-6-11-20)23-15-13-22(14-16-23)18-19-8-3-1-4-9-19;/h1-6,8-11H,7,12-18H2;1H. The van der Waals surface area contributed by atoms with Crippen LogP contribution in [0.3, 0.4) is 0 Å². The number of benzene rings is 2. The van der Waals surface area contributed by atoms with E-state index in [1.165, 1.54) is 5.56 Å². The van der Waals surface area contributed by atoms with Gasteiger partial charge in [-0.15, -0.1) is 12.4 Å². The zero-order valence-electron chi connectivity index (χ0n) is 15.0. The summed E-state index contributed by atoms with van der Waals surface area (Å²) in [6.07, 6.45) is 1.32. The van der Waals surface area contributed by atoms with Crippen molar-refractivity contribution in [3.63, 3.8) is 0 Å². The average Bonchev–Trinajstić information content (AvgIpc) is 2.67. The van der Waals surface area contributed by atoms with Crippen LogP contribution in [0.4, 0.5) is 0 Å². The number of para-hydroxylation sites is 1. The maximum absolute atomic E-state index is 12.3. The molecule has 0 spiro atoms. The summed E-state index contributed by atoms with van der Waals surface area (Å²) >= 11 is 0. The molecule has 0 atom stereocenters. The van der Waals surface area contributed by atoms with Crippen molar-refractivity contribution >= 4 is 18.3 Å². The zero-order chi connectivity index (χ0) is 17.3. The third-order valence-corrected chi connectivity index (χ3v) is 4.52. The van der Waals surface area contributed by atoms with Gasteiger partial charge in [0.05, 0.1) is 6.61 Å². The van der Waals surface area contributed by atoms with Gasteiger partial charge in [0.25, 0.3) is 0 Å². The van der Waals surface area contributed by atoms with Crippen molar-refractivity contribution in [2.45, 2.75) is 19.4 Å². The molecule has 4 nitrogen and oxygen atoms in total. The number of halogens is 1. The van der Waals surface area contributed by atoms with Gasteiger partial charge < -0.3 is 9.64 Å². The van der Waals surface area contributed by atoms with Crippen LogP contribution in [0.2, 0.25) is 0 Å². The van der Waals surface area contributed by atoms with Gasteiger partial charge in [0.1, 0.15) is 5.75 Å².